The van der Waals surface area contributed by atoms with Gasteiger partial charge >= 0.3 is 0 Å². The molecule has 0 bridgehead atoms. The number of rotatable bonds is 6. The Bertz CT molecular complexity index is 1320. The van der Waals surface area contributed by atoms with Gasteiger partial charge in [0.1, 0.15) is 11.4 Å². The van der Waals surface area contributed by atoms with Crippen LogP contribution in [-0.4, -0.2) is 40.3 Å². The molecule has 0 fully saturated rings. The molecular weight excluding hydrogens is 418 g/mol. The lowest BCUT2D eigenvalue weighted by molar-refractivity contribution is 0.0729. The number of aromatic nitrogens is 2. The summed E-state index contributed by atoms with van der Waals surface area (Å²) in [5, 5.41) is 17.6. The Morgan fingerprint density at radius 2 is 1.82 bits per heavy atom. The highest BCUT2D eigenvalue weighted by Crippen LogP contribution is 2.45. The Balaban J connectivity index is 1.65. The van der Waals surface area contributed by atoms with E-state index in [0.29, 0.717) is 18.0 Å². The summed E-state index contributed by atoms with van der Waals surface area (Å²) in [5.74, 6) is 0.979. The number of hydrogen-bond donors (Lipinski definition) is 2. The van der Waals surface area contributed by atoms with Gasteiger partial charge in [-0.05, 0) is 35.4 Å². The van der Waals surface area contributed by atoms with Crippen molar-refractivity contribution in [3.8, 4) is 28.5 Å². The topological polar surface area (TPSA) is 87.7 Å². The molecular formula is C26H23N3O4. The van der Waals surface area contributed by atoms with Gasteiger partial charge in [-0.2, -0.15) is 5.10 Å². The van der Waals surface area contributed by atoms with Gasteiger partial charge in [0.2, 0.25) is 0 Å². The Morgan fingerprint density at radius 1 is 1.00 bits per heavy atom. The van der Waals surface area contributed by atoms with Crippen LogP contribution in [-0.2, 0) is 6.54 Å². The quantitative estimate of drug-likeness (QED) is 0.459. The van der Waals surface area contributed by atoms with Crippen LogP contribution in [0.3, 0.4) is 0 Å². The van der Waals surface area contributed by atoms with Crippen molar-refractivity contribution in [2.24, 2.45) is 0 Å². The van der Waals surface area contributed by atoms with Crippen LogP contribution in [0.5, 0.6) is 17.2 Å². The molecule has 7 nitrogen and oxygen atoms in total. The number of fused-ring (bicyclic) bond motifs is 1. The van der Waals surface area contributed by atoms with E-state index in [0.717, 1.165) is 33.7 Å². The van der Waals surface area contributed by atoms with Crippen molar-refractivity contribution in [3.05, 3.63) is 95.2 Å². The first-order chi connectivity index (χ1) is 16.1. The average molecular weight is 441 g/mol. The highest BCUT2D eigenvalue weighted by molar-refractivity contribution is 6.00. The standard InChI is InChI=1S/C26H23N3O4/c1-32-19-10-6-7-16(13-19)15-29-25(18-11-12-20(30)21(14-18)33-2)22-23(17-8-4-3-5-9-17)27-28-24(22)26(29)31/h3-14,25,30H,15H2,1-2H3,(H,27,28). The molecule has 2 N–H and O–H groups in total. The second-order valence-electron chi connectivity index (χ2n) is 7.85. The maximum atomic E-state index is 13.5. The molecule has 2 heterocycles. The molecule has 4 aromatic rings. The van der Waals surface area contributed by atoms with Gasteiger partial charge in [-0.3, -0.25) is 9.89 Å². The van der Waals surface area contributed by atoms with Gasteiger partial charge in [0.15, 0.2) is 11.5 Å². The molecule has 0 spiro atoms. The summed E-state index contributed by atoms with van der Waals surface area (Å²) in [6, 6.07) is 22.2. The molecule has 1 unspecified atom stereocenters. The predicted octanol–water partition coefficient (Wildman–Crippen LogP) is 4.54. The first kappa shape index (κ1) is 20.6. The SMILES string of the molecule is COc1cccc(CN2C(=O)c3[nH]nc(-c4ccccc4)c3C2c2ccc(O)c(OC)c2)c1. The summed E-state index contributed by atoms with van der Waals surface area (Å²) in [5.41, 5.74) is 4.68. The fraction of sp³-hybridized carbons (Fsp3) is 0.154. The molecule has 33 heavy (non-hydrogen) atoms. The molecule has 0 saturated carbocycles. The van der Waals surface area contributed by atoms with E-state index < -0.39 is 6.04 Å². The number of phenolic OH excluding ortho intramolecular Hbond substituents is 1. The molecule has 1 amide bonds. The molecule has 1 aliphatic rings. The van der Waals surface area contributed by atoms with Gasteiger partial charge in [-0.25, -0.2) is 0 Å². The second kappa shape index (κ2) is 8.35. The number of amides is 1. The maximum absolute atomic E-state index is 13.5. The number of H-pyrrole nitrogens is 1. The van der Waals surface area contributed by atoms with E-state index in [1.165, 1.54) is 7.11 Å². The van der Waals surface area contributed by atoms with E-state index in [1.807, 2.05) is 60.7 Å². The van der Waals surface area contributed by atoms with Gasteiger partial charge in [0.25, 0.3) is 5.91 Å². The fourth-order valence-electron chi connectivity index (χ4n) is 4.35. The van der Waals surface area contributed by atoms with Gasteiger partial charge in [0.05, 0.1) is 26.0 Å². The van der Waals surface area contributed by atoms with Gasteiger partial charge in [0, 0.05) is 17.7 Å². The third-order valence-electron chi connectivity index (χ3n) is 5.92. The Labute approximate surface area is 191 Å². The molecule has 166 valence electrons. The van der Waals surface area contributed by atoms with E-state index in [-0.39, 0.29) is 11.7 Å². The third-order valence-corrected chi connectivity index (χ3v) is 5.92. The largest absolute Gasteiger partial charge is 0.504 e. The van der Waals surface area contributed by atoms with Gasteiger partial charge < -0.3 is 19.5 Å². The number of phenols is 1. The lowest BCUT2D eigenvalue weighted by atomic mass is 9.95. The molecule has 7 heteroatoms. The zero-order valence-electron chi connectivity index (χ0n) is 18.3. The van der Waals surface area contributed by atoms with E-state index in [4.69, 9.17) is 9.47 Å². The fourth-order valence-corrected chi connectivity index (χ4v) is 4.35. The first-order valence-corrected chi connectivity index (χ1v) is 10.5. The minimum absolute atomic E-state index is 0.0422. The number of carbonyl (C=O) groups excluding carboxylic acids is 1. The molecule has 3 aromatic carbocycles. The van der Waals surface area contributed by atoms with Gasteiger partial charge in [-0.1, -0.05) is 48.5 Å². The van der Waals surface area contributed by atoms with E-state index in [2.05, 4.69) is 10.2 Å². The minimum atomic E-state index is -0.415. The van der Waals surface area contributed by atoms with Crippen molar-refractivity contribution < 1.29 is 19.4 Å². The van der Waals surface area contributed by atoms with Crippen LogP contribution >= 0.6 is 0 Å². The van der Waals surface area contributed by atoms with Crippen molar-refractivity contribution >= 4 is 5.91 Å². The van der Waals surface area contributed by atoms with Crippen LogP contribution in [0, 0.1) is 0 Å². The lowest BCUT2D eigenvalue weighted by Gasteiger charge is -2.27. The Morgan fingerprint density at radius 3 is 2.58 bits per heavy atom. The summed E-state index contributed by atoms with van der Waals surface area (Å²) < 4.78 is 10.7. The Kier molecular flexibility index (Phi) is 5.22. The van der Waals surface area contributed by atoms with Crippen molar-refractivity contribution in [3.63, 3.8) is 0 Å². The lowest BCUT2D eigenvalue weighted by Crippen LogP contribution is -2.29. The van der Waals surface area contributed by atoms with Crippen molar-refractivity contribution in [2.75, 3.05) is 14.2 Å². The van der Waals surface area contributed by atoms with Crippen molar-refractivity contribution in [1.29, 1.82) is 0 Å². The third kappa shape index (κ3) is 3.57. The molecule has 0 radical (unpaired) electrons. The van der Waals surface area contributed by atoms with Crippen LogP contribution in [0.15, 0.2) is 72.8 Å². The maximum Gasteiger partial charge on any atom is 0.273 e. The number of benzene rings is 3. The van der Waals surface area contributed by atoms with E-state index in [1.54, 1.807) is 24.1 Å². The number of aromatic hydroxyl groups is 1. The van der Waals surface area contributed by atoms with Crippen LogP contribution < -0.4 is 9.47 Å². The Hall–Kier alpha value is -4.26. The summed E-state index contributed by atoms with van der Waals surface area (Å²) >= 11 is 0. The second-order valence-corrected chi connectivity index (χ2v) is 7.85. The molecule has 1 aliphatic heterocycles. The highest BCUT2D eigenvalue weighted by Gasteiger charge is 2.42. The highest BCUT2D eigenvalue weighted by atomic mass is 16.5. The van der Waals surface area contributed by atoms with Crippen LogP contribution in [0.4, 0.5) is 0 Å². The minimum Gasteiger partial charge on any atom is -0.504 e. The number of nitrogens with zero attached hydrogens (tertiary/aromatic N) is 2. The number of ether oxygens (including phenoxy) is 2. The summed E-state index contributed by atoms with van der Waals surface area (Å²) in [6.45, 7) is 0.376. The summed E-state index contributed by atoms with van der Waals surface area (Å²) in [4.78, 5) is 15.3. The zero-order chi connectivity index (χ0) is 22.9. The van der Waals surface area contributed by atoms with E-state index in [9.17, 15) is 9.90 Å². The number of methoxy groups -OCH3 is 2. The number of nitrogens with one attached hydrogen (secondary N) is 1. The molecule has 1 aromatic heterocycles. The van der Waals surface area contributed by atoms with Crippen LogP contribution in [0.2, 0.25) is 0 Å². The zero-order valence-corrected chi connectivity index (χ0v) is 18.3. The van der Waals surface area contributed by atoms with Gasteiger partial charge in [-0.15, -0.1) is 0 Å². The van der Waals surface area contributed by atoms with Crippen molar-refractivity contribution in [2.45, 2.75) is 12.6 Å². The number of hydrogen-bond acceptors (Lipinski definition) is 5. The average Bonchev–Trinajstić information content (AvgIpc) is 3.39. The van der Waals surface area contributed by atoms with E-state index >= 15 is 0 Å². The molecule has 0 saturated heterocycles. The first-order valence-electron chi connectivity index (χ1n) is 10.5. The van der Waals surface area contributed by atoms with Crippen molar-refractivity contribution in [1.82, 2.24) is 15.1 Å². The summed E-state index contributed by atoms with van der Waals surface area (Å²) in [7, 11) is 3.12. The predicted molar refractivity (Wildman–Crippen MR) is 123 cm³/mol. The molecule has 1 atom stereocenters. The van der Waals surface area contributed by atoms with Crippen LogP contribution in [0.1, 0.15) is 33.2 Å². The smallest absolute Gasteiger partial charge is 0.273 e. The monoisotopic (exact) mass is 441 g/mol. The number of aromatic amines is 1. The van der Waals surface area contributed by atoms with Crippen LogP contribution in [0.25, 0.3) is 11.3 Å². The molecule has 0 aliphatic carbocycles. The summed E-state index contributed by atoms with van der Waals surface area (Å²) in [6.07, 6.45) is 0. The normalized spacial score (nSPS) is 14.9. The molecule has 5 rings (SSSR count). The number of carbonyl (C=O) groups is 1.